The Labute approximate surface area is 90.6 Å². The summed E-state index contributed by atoms with van der Waals surface area (Å²) in [6.45, 7) is 1.99. The molecule has 3 heteroatoms. The van der Waals surface area contributed by atoms with Gasteiger partial charge in [0.05, 0.1) is 5.02 Å². The number of hydrogen-bond donors (Lipinski definition) is 1. The molecule has 0 saturated carbocycles. The van der Waals surface area contributed by atoms with Crippen LogP contribution >= 0.6 is 34.2 Å². The van der Waals surface area contributed by atoms with Gasteiger partial charge in [0.25, 0.3) is 0 Å². The fourth-order valence-corrected chi connectivity index (χ4v) is 2.25. The SMILES string of the molecule is Clc1c(I)ccc2c1CNCC2. The molecule has 0 saturated heterocycles. The lowest BCUT2D eigenvalue weighted by Crippen LogP contribution is -2.24. The Balaban J connectivity index is 2.54. The number of hydrogen-bond acceptors (Lipinski definition) is 1. The lowest BCUT2D eigenvalue weighted by atomic mass is 10.0. The minimum absolute atomic E-state index is 0.922. The molecule has 0 spiro atoms. The highest BCUT2D eigenvalue weighted by atomic mass is 127. The lowest BCUT2D eigenvalue weighted by molar-refractivity contribution is 0.643. The highest BCUT2D eigenvalue weighted by Gasteiger charge is 2.13. The zero-order valence-electron chi connectivity index (χ0n) is 6.53. The van der Waals surface area contributed by atoms with E-state index in [1.807, 2.05) is 0 Å². The Morgan fingerprint density at radius 3 is 3.08 bits per heavy atom. The van der Waals surface area contributed by atoms with E-state index in [2.05, 4.69) is 40.0 Å². The molecule has 2 rings (SSSR count). The van der Waals surface area contributed by atoms with Crippen LogP contribution in [0, 0.1) is 3.57 Å². The molecular formula is C9H9ClIN. The molecule has 0 aromatic heterocycles. The zero-order chi connectivity index (χ0) is 8.55. The van der Waals surface area contributed by atoms with Gasteiger partial charge in [-0.25, -0.2) is 0 Å². The molecule has 0 atom stereocenters. The minimum Gasteiger partial charge on any atom is -0.312 e. The number of benzene rings is 1. The first-order chi connectivity index (χ1) is 5.79. The number of halogens is 2. The first-order valence-electron chi connectivity index (χ1n) is 3.95. The van der Waals surface area contributed by atoms with Gasteiger partial charge in [-0.05, 0) is 52.7 Å². The highest BCUT2D eigenvalue weighted by Crippen LogP contribution is 2.27. The summed E-state index contributed by atoms with van der Waals surface area (Å²) in [6.07, 6.45) is 1.10. The van der Waals surface area contributed by atoms with E-state index in [9.17, 15) is 0 Å². The molecular weight excluding hydrogens is 284 g/mol. The molecule has 1 aromatic rings. The van der Waals surface area contributed by atoms with Crippen LogP contribution in [0.4, 0.5) is 0 Å². The first-order valence-corrected chi connectivity index (χ1v) is 5.41. The zero-order valence-corrected chi connectivity index (χ0v) is 9.45. The Bertz CT molecular complexity index is 312. The van der Waals surface area contributed by atoms with Crippen molar-refractivity contribution in [1.82, 2.24) is 5.32 Å². The van der Waals surface area contributed by atoms with E-state index in [-0.39, 0.29) is 0 Å². The van der Waals surface area contributed by atoms with Gasteiger partial charge in [-0.1, -0.05) is 17.7 Å². The molecule has 0 unspecified atom stereocenters. The van der Waals surface area contributed by atoms with E-state index in [0.717, 1.165) is 28.1 Å². The van der Waals surface area contributed by atoms with Crippen LogP contribution < -0.4 is 5.32 Å². The average molecular weight is 294 g/mol. The average Bonchev–Trinajstić information content (AvgIpc) is 2.12. The summed E-state index contributed by atoms with van der Waals surface area (Å²) in [5, 5.41) is 4.25. The third-order valence-corrected chi connectivity index (χ3v) is 3.82. The smallest absolute Gasteiger partial charge is 0.0587 e. The van der Waals surface area contributed by atoms with Gasteiger partial charge in [0.15, 0.2) is 0 Å². The molecule has 1 nitrogen and oxygen atoms in total. The summed E-state index contributed by atoms with van der Waals surface area (Å²) >= 11 is 8.43. The fourth-order valence-electron chi connectivity index (χ4n) is 1.49. The number of nitrogens with one attached hydrogen (secondary N) is 1. The maximum Gasteiger partial charge on any atom is 0.0587 e. The molecule has 1 N–H and O–H groups in total. The molecule has 12 heavy (non-hydrogen) atoms. The van der Waals surface area contributed by atoms with E-state index < -0.39 is 0 Å². The van der Waals surface area contributed by atoms with Crippen molar-refractivity contribution in [2.45, 2.75) is 13.0 Å². The molecule has 0 aliphatic carbocycles. The van der Waals surface area contributed by atoms with Crippen molar-refractivity contribution >= 4 is 34.2 Å². The fraction of sp³-hybridized carbons (Fsp3) is 0.333. The molecule has 1 aliphatic heterocycles. The van der Waals surface area contributed by atoms with Crippen LogP contribution in [0.2, 0.25) is 5.02 Å². The number of fused-ring (bicyclic) bond motifs is 1. The largest absolute Gasteiger partial charge is 0.312 e. The second-order valence-corrected chi connectivity index (χ2v) is 4.47. The van der Waals surface area contributed by atoms with Crippen LogP contribution in [0.25, 0.3) is 0 Å². The third-order valence-electron chi connectivity index (χ3n) is 2.17. The molecule has 0 bridgehead atoms. The van der Waals surface area contributed by atoms with E-state index >= 15 is 0 Å². The molecule has 0 amide bonds. The standard InChI is InChI=1S/C9H9ClIN/c10-9-7-5-12-4-3-6(7)1-2-8(9)11/h1-2,12H,3-5H2. The van der Waals surface area contributed by atoms with Gasteiger partial charge in [-0.15, -0.1) is 0 Å². The summed E-state index contributed by atoms with van der Waals surface area (Å²) < 4.78 is 1.15. The van der Waals surface area contributed by atoms with Gasteiger partial charge >= 0.3 is 0 Å². The third kappa shape index (κ3) is 1.47. The van der Waals surface area contributed by atoms with Crippen molar-refractivity contribution in [1.29, 1.82) is 0 Å². The Kier molecular flexibility index (Phi) is 2.57. The lowest BCUT2D eigenvalue weighted by Gasteiger charge is -2.18. The maximum atomic E-state index is 6.16. The summed E-state index contributed by atoms with van der Waals surface area (Å²) in [7, 11) is 0. The Morgan fingerprint density at radius 1 is 1.42 bits per heavy atom. The molecule has 64 valence electrons. The first kappa shape index (κ1) is 8.78. The molecule has 0 radical (unpaired) electrons. The predicted octanol–water partition coefficient (Wildman–Crippen LogP) is 2.59. The van der Waals surface area contributed by atoms with Crippen molar-refractivity contribution in [2.75, 3.05) is 6.54 Å². The van der Waals surface area contributed by atoms with Crippen molar-refractivity contribution in [3.05, 3.63) is 31.9 Å². The van der Waals surface area contributed by atoms with Crippen LogP contribution in [-0.2, 0) is 13.0 Å². The summed E-state index contributed by atoms with van der Waals surface area (Å²) in [6, 6.07) is 4.27. The van der Waals surface area contributed by atoms with Crippen LogP contribution in [0.3, 0.4) is 0 Å². The van der Waals surface area contributed by atoms with Gasteiger partial charge in [-0.2, -0.15) is 0 Å². The van der Waals surface area contributed by atoms with Crippen molar-refractivity contribution in [3.63, 3.8) is 0 Å². The Hall–Kier alpha value is 0.200. The van der Waals surface area contributed by atoms with Crippen LogP contribution in [-0.4, -0.2) is 6.54 Å². The van der Waals surface area contributed by atoms with Crippen molar-refractivity contribution < 1.29 is 0 Å². The second-order valence-electron chi connectivity index (χ2n) is 2.93. The second kappa shape index (κ2) is 3.52. The molecule has 1 heterocycles. The maximum absolute atomic E-state index is 6.16. The van der Waals surface area contributed by atoms with Gasteiger partial charge in [-0.3, -0.25) is 0 Å². The van der Waals surface area contributed by atoms with Crippen LogP contribution in [0.1, 0.15) is 11.1 Å². The topological polar surface area (TPSA) is 12.0 Å². The minimum atomic E-state index is 0.922. The van der Waals surface area contributed by atoms with Crippen molar-refractivity contribution in [3.8, 4) is 0 Å². The van der Waals surface area contributed by atoms with Gasteiger partial charge in [0.1, 0.15) is 0 Å². The van der Waals surface area contributed by atoms with Gasteiger partial charge < -0.3 is 5.32 Å². The summed E-state index contributed by atoms with van der Waals surface area (Å²) in [5.41, 5.74) is 2.69. The van der Waals surface area contributed by atoms with Gasteiger partial charge in [0, 0.05) is 10.1 Å². The Morgan fingerprint density at radius 2 is 2.25 bits per heavy atom. The monoisotopic (exact) mass is 293 g/mol. The quantitative estimate of drug-likeness (QED) is 0.725. The van der Waals surface area contributed by atoms with Crippen molar-refractivity contribution in [2.24, 2.45) is 0 Å². The highest BCUT2D eigenvalue weighted by molar-refractivity contribution is 14.1. The van der Waals surface area contributed by atoms with E-state index in [4.69, 9.17) is 11.6 Å². The number of rotatable bonds is 0. The predicted molar refractivity (Wildman–Crippen MR) is 59.6 cm³/mol. The molecule has 1 aromatic carbocycles. The van der Waals surface area contributed by atoms with E-state index in [1.165, 1.54) is 11.1 Å². The van der Waals surface area contributed by atoms with E-state index in [1.54, 1.807) is 0 Å². The normalized spacial score (nSPS) is 15.8. The molecule has 1 aliphatic rings. The van der Waals surface area contributed by atoms with E-state index in [0.29, 0.717) is 0 Å². The van der Waals surface area contributed by atoms with Gasteiger partial charge in [0.2, 0.25) is 0 Å². The van der Waals surface area contributed by atoms with Crippen LogP contribution in [0.5, 0.6) is 0 Å². The van der Waals surface area contributed by atoms with Crippen LogP contribution in [0.15, 0.2) is 12.1 Å². The molecule has 0 fully saturated rings. The summed E-state index contributed by atoms with van der Waals surface area (Å²) in [4.78, 5) is 0. The summed E-state index contributed by atoms with van der Waals surface area (Å²) in [5.74, 6) is 0.